The van der Waals surface area contributed by atoms with E-state index in [1.807, 2.05) is 0 Å². The van der Waals surface area contributed by atoms with Gasteiger partial charge in [0.05, 0.1) is 0 Å². The molecule has 1 aromatic carbocycles. The smallest absolute Gasteiger partial charge is 0.387 e. The molecule has 0 spiro atoms. The minimum atomic E-state index is -3.10. The maximum Gasteiger partial charge on any atom is 0.387 e. The summed E-state index contributed by atoms with van der Waals surface area (Å²) in [5.41, 5.74) is -0.0225. The third-order valence-corrected chi connectivity index (χ3v) is 2.98. The second-order valence-corrected chi connectivity index (χ2v) is 3.93. The van der Waals surface area contributed by atoms with Crippen molar-refractivity contribution in [2.45, 2.75) is 18.4 Å². The van der Waals surface area contributed by atoms with Crippen molar-refractivity contribution < 1.29 is 22.7 Å². The van der Waals surface area contributed by atoms with E-state index in [-0.39, 0.29) is 11.3 Å². The highest BCUT2D eigenvalue weighted by Crippen LogP contribution is 2.31. The summed E-state index contributed by atoms with van der Waals surface area (Å²) in [4.78, 5) is 10.2. The number of carbonyl (C=O) groups is 1. The van der Waals surface area contributed by atoms with Crippen LogP contribution in [0.3, 0.4) is 0 Å². The largest absolute Gasteiger partial charge is 0.432 e. The van der Waals surface area contributed by atoms with E-state index < -0.39 is 23.0 Å². The molecule has 88 valence electrons. The van der Waals surface area contributed by atoms with Gasteiger partial charge in [0, 0.05) is 5.56 Å². The van der Waals surface area contributed by atoms with E-state index >= 15 is 0 Å². The predicted octanol–water partition coefficient (Wildman–Crippen LogP) is 3.45. The Hall–Kier alpha value is -1.04. The zero-order valence-electron chi connectivity index (χ0n) is 8.22. The van der Waals surface area contributed by atoms with Crippen LogP contribution in [0, 0.1) is 5.82 Å². The Morgan fingerprint density at radius 1 is 1.44 bits per heavy atom. The van der Waals surface area contributed by atoms with Crippen LogP contribution in [-0.2, 0) is 4.79 Å². The Bertz CT molecular complexity index is 396. The second-order valence-electron chi connectivity index (χ2n) is 3.01. The molecule has 1 atom stereocenters. The number of alkyl halides is 3. The lowest BCUT2D eigenvalue weighted by Gasteiger charge is -2.11. The highest BCUT2D eigenvalue weighted by atomic mass is 79.9. The maximum absolute atomic E-state index is 13.6. The number of ether oxygens (including phenoxy) is 1. The van der Waals surface area contributed by atoms with Gasteiger partial charge in [-0.05, 0) is 13.0 Å². The van der Waals surface area contributed by atoms with Gasteiger partial charge in [-0.15, -0.1) is 0 Å². The normalized spacial score (nSPS) is 12.6. The minimum absolute atomic E-state index is 0.0225. The molecule has 6 heteroatoms. The molecular formula is C10H8BrF3O2. The number of hydrogen-bond donors (Lipinski definition) is 0. The van der Waals surface area contributed by atoms with Crippen molar-refractivity contribution >= 4 is 21.7 Å². The molecule has 1 unspecified atom stereocenters. The molecule has 0 radical (unpaired) electrons. The predicted molar refractivity (Wildman–Crippen MR) is 55.4 cm³/mol. The van der Waals surface area contributed by atoms with Crippen LogP contribution in [-0.4, -0.2) is 12.4 Å². The van der Waals surface area contributed by atoms with Gasteiger partial charge < -0.3 is 4.74 Å². The molecular weight excluding hydrogens is 289 g/mol. The molecule has 0 saturated heterocycles. The molecule has 0 heterocycles. The first-order valence-corrected chi connectivity index (χ1v) is 5.22. The summed E-state index contributed by atoms with van der Waals surface area (Å²) in [5, 5.41) is 0. The molecule has 2 nitrogen and oxygen atoms in total. The van der Waals surface area contributed by atoms with Crippen molar-refractivity contribution in [3.8, 4) is 5.75 Å². The SMILES string of the molecule is CC(=O)C(Br)c1cccc(OC(F)F)c1F. The second kappa shape index (κ2) is 5.34. The van der Waals surface area contributed by atoms with E-state index in [1.54, 1.807) is 0 Å². The van der Waals surface area contributed by atoms with Crippen LogP contribution in [0.2, 0.25) is 0 Å². The van der Waals surface area contributed by atoms with Crippen LogP contribution in [0.15, 0.2) is 18.2 Å². The Balaban J connectivity index is 3.08. The summed E-state index contributed by atoms with van der Waals surface area (Å²) in [6.45, 7) is -1.84. The zero-order chi connectivity index (χ0) is 12.3. The maximum atomic E-state index is 13.6. The fourth-order valence-corrected chi connectivity index (χ4v) is 1.48. The molecule has 0 bridgehead atoms. The summed E-state index contributed by atoms with van der Waals surface area (Å²) in [5.74, 6) is -1.86. The van der Waals surface area contributed by atoms with Crippen LogP contribution in [0.4, 0.5) is 13.2 Å². The number of hydrogen-bond acceptors (Lipinski definition) is 2. The van der Waals surface area contributed by atoms with Crippen LogP contribution in [0.1, 0.15) is 17.3 Å². The molecule has 1 rings (SSSR count). The van der Waals surface area contributed by atoms with E-state index in [0.717, 1.165) is 6.07 Å². The fourth-order valence-electron chi connectivity index (χ4n) is 1.13. The number of Topliss-reactive ketones (excluding diaryl/α,β-unsaturated/α-hetero) is 1. The lowest BCUT2D eigenvalue weighted by molar-refractivity contribution is -0.116. The summed E-state index contributed by atoms with van der Waals surface area (Å²) < 4.78 is 41.4. The van der Waals surface area contributed by atoms with E-state index in [1.165, 1.54) is 19.1 Å². The van der Waals surface area contributed by atoms with Gasteiger partial charge in [0.15, 0.2) is 11.6 Å². The Labute approximate surface area is 98.5 Å². The summed E-state index contributed by atoms with van der Waals surface area (Å²) in [6.07, 6.45) is 0. The Kier molecular flexibility index (Phi) is 4.35. The van der Waals surface area contributed by atoms with Crippen LogP contribution < -0.4 is 4.74 Å². The first kappa shape index (κ1) is 13.0. The van der Waals surface area contributed by atoms with Crippen molar-refractivity contribution in [2.75, 3.05) is 0 Å². The van der Waals surface area contributed by atoms with Gasteiger partial charge in [-0.25, -0.2) is 4.39 Å². The molecule has 0 amide bonds. The van der Waals surface area contributed by atoms with E-state index in [2.05, 4.69) is 20.7 Å². The summed E-state index contributed by atoms with van der Waals surface area (Å²) >= 11 is 2.97. The third-order valence-electron chi connectivity index (χ3n) is 1.84. The lowest BCUT2D eigenvalue weighted by Crippen LogP contribution is -2.08. The fraction of sp³-hybridized carbons (Fsp3) is 0.300. The molecule has 0 aromatic heterocycles. The van der Waals surface area contributed by atoms with Crippen molar-refractivity contribution in [1.82, 2.24) is 0 Å². The quantitative estimate of drug-likeness (QED) is 0.796. The topological polar surface area (TPSA) is 26.3 Å². The molecule has 0 aliphatic carbocycles. The molecule has 0 aliphatic rings. The van der Waals surface area contributed by atoms with Crippen molar-refractivity contribution in [3.05, 3.63) is 29.6 Å². The van der Waals surface area contributed by atoms with Gasteiger partial charge in [0.2, 0.25) is 0 Å². The average Bonchev–Trinajstić information content (AvgIpc) is 2.19. The minimum Gasteiger partial charge on any atom is -0.432 e. The van der Waals surface area contributed by atoms with Crippen molar-refractivity contribution in [2.24, 2.45) is 0 Å². The summed E-state index contributed by atoms with van der Waals surface area (Å²) in [6, 6.07) is 3.74. The number of ketones is 1. The lowest BCUT2D eigenvalue weighted by atomic mass is 10.1. The van der Waals surface area contributed by atoms with Gasteiger partial charge in [0.25, 0.3) is 0 Å². The van der Waals surface area contributed by atoms with E-state index in [9.17, 15) is 18.0 Å². The van der Waals surface area contributed by atoms with Gasteiger partial charge in [-0.3, -0.25) is 4.79 Å². The highest BCUT2D eigenvalue weighted by Gasteiger charge is 2.20. The first-order chi connectivity index (χ1) is 7.43. The number of carbonyl (C=O) groups excluding carboxylic acids is 1. The zero-order valence-corrected chi connectivity index (χ0v) is 9.80. The van der Waals surface area contributed by atoms with Crippen molar-refractivity contribution in [1.29, 1.82) is 0 Å². The first-order valence-electron chi connectivity index (χ1n) is 4.31. The molecule has 0 saturated carbocycles. The third kappa shape index (κ3) is 2.98. The molecule has 1 aromatic rings. The Morgan fingerprint density at radius 2 is 2.06 bits per heavy atom. The highest BCUT2D eigenvalue weighted by molar-refractivity contribution is 9.09. The average molecular weight is 297 g/mol. The molecule has 0 aliphatic heterocycles. The monoisotopic (exact) mass is 296 g/mol. The van der Waals surface area contributed by atoms with Crippen molar-refractivity contribution in [3.63, 3.8) is 0 Å². The molecule has 0 N–H and O–H groups in total. The van der Waals surface area contributed by atoms with Gasteiger partial charge in [-0.1, -0.05) is 28.1 Å². The van der Waals surface area contributed by atoms with Crippen LogP contribution >= 0.6 is 15.9 Å². The number of benzene rings is 1. The van der Waals surface area contributed by atoms with Crippen LogP contribution in [0.5, 0.6) is 5.75 Å². The number of rotatable bonds is 4. The van der Waals surface area contributed by atoms with Gasteiger partial charge in [-0.2, -0.15) is 8.78 Å². The van der Waals surface area contributed by atoms with Crippen LogP contribution in [0.25, 0.3) is 0 Å². The van der Waals surface area contributed by atoms with E-state index in [0.29, 0.717) is 0 Å². The number of halogens is 4. The summed E-state index contributed by atoms with van der Waals surface area (Å²) in [7, 11) is 0. The Morgan fingerprint density at radius 3 is 2.56 bits per heavy atom. The van der Waals surface area contributed by atoms with E-state index in [4.69, 9.17) is 0 Å². The molecule has 16 heavy (non-hydrogen) atoms. The van der Waals surface area contributed by atoms with Gasteiger partial charge in [0.1, 0.15) is 10.6 Å². The van der Waals surface area contributed by atoms with Gasteiger partial charge >= 0.3 is 6.61 Å². The standard InChI is InChI=1S/C10H8BrF3O2/c1-5(15)8(11)6-3-2-4-7(9(6)12)16-10(13)14/h2-4,8,10H,1H3. The molecule has 0 fully saturated rings.